The second kappa shape index (κ2) is 5.38. The molecule has 1 aliphatic heterocycles. The Kier molecular flexibility index (Phi) is 3.54. The van der Waals surface area contributed by atoms with Gasteiger partial charge in [-0.1, -0.05) is 12.1 Å². The number of carbonyl (C=O) groups is 1. The van der Waals surface area contributed by atoms with E-state index in [-0.39, 0.29) is 5.91 Å². The summed E-state index contributed by atoms with van der Waals surface area (Å²) in [5.74, 6) is -0.154. The molecular formula is C16H16N4OS. The number of nitrogens with zero attached hydrogens (tertiary/aromatic N) is 3. The molecule has 1 aromatic carbocycles. The molecule has 1 amide bonds. The van der Waals surface area contributed by atoms with E-state index in [2.05, 4.69) is 10.4 Å². The molecular weight excluding hydrogens is 296 g/mol. The lowest BCUT2D eigenvalue weighted by atomic mass is 10.2. The van der Waals surface area contributed by atoms with Crippen molar-refractivity contribution >= 4 is 35.0 Å². The summed E-state index contributed by atoms with van der Waals surface area (Å²) in [7, 11) is 1.85. The first-order valence-corrected chi connectivity index (χ1v) is 7.30. The van der Waals surface area contributed by atoms with Crippen molar-refractivity contribution < 1.29 is 4.79 Å². The second-order valence-corrected chi connectivity index (χ2v) is 5.70. The van der Waals surface area contributed by atoms with Gasteiger partial charge in [-0.15, -0.1) is 0 Å². The minimum Gasteiger partial charge on any atom is -0.327 e. The predicted octanol–water partition coefficient (Wildman–Crippen LogP) is 2.30. The third-order valence-corrected chi connectivity index (χ3v) is 3.77. The Morgan fingerprint density at radius 1 is 1.32 bits per heavy atom. The van der Waals surface area contributed by atoms with Gasteiger partial charge in [0.1, 0.15) is 5.70 Å². The number of thiocarbonyl (C=S) groups is 1. The van der Waals surface area contributed by atoms with Crippen LogP contribution in [0.5, 0.6) is 0 Å². The van der Waals surface area contributed by atoms with E-state index >= 15 is 0 Å². The molecule has 0 saturated carbocycles. The fourth-order valence-corrected chi connectivity index (χ4v) is 2.75. The van der Waals surface area contributed by atoms with Gasteiger partial charge in [-0.3, -0.25) is 14.4 Å². The first-order chi connectivity index (χ1) is 10.5. The number of carbonyl (C=O) groups excluding carboxylic acids is 1. The maximum Gasteiger partial charge on any atom is 0.281 e. The highest BCUT2D eigenvalue weighted by Crippen LogP contribution is 2.23. The summed E-state index contributed by atoms with van der Waals surface area (Å²) < 4.78 is 1.72. The van der Waals surface area contributed by atoms with Crippen LogP contribution in [0.3, 0.4) is 0 Å². The van der Waals surface area contributed by atoms with Crippen molar-refractivity contribution in [3.05, 3.63) is 53.0 Å². The number of benzene rings is 1. The van der Waals surface area contributed by atoms with Crippen LogP contribution in [0.15, 0.2) is 36.2 Å². The van der Waals surface area contributed by atoms with Crippen molar-refractivity contribution in [2.24, 2.45) is 7.05 Å². The van der Waals surface area contributed by atoms with Crippen LogP contribution in [0.2, 0.25) is 0 Å². The van der Waals surface area contributed by atoms with Crippen LogP contribution in [0.4, 0.5) is 5.69 Å². The average Bonchev–Trinajstić information content (AvgIpc) is 2.90. The average molecular weight is 312 g/mol. The fourth-order valence-electron chi connectivity index (χ4n) is 2.45. The summed E-state index contributed by atoms with van der Waals surface area (Å²) in [6.45, 7) is 3.89. The monoisotopic (exact) mass is 312 g/mol. The Bertz CT molecular complexity index is 806. The van der Waals surface area contributed by atoms with Crippen molar-refractivity contribution in [2.75, 3.05) is 4.90 Å². The normalized spacial score (nSPS) is 16.5. The van der Waals surface area contributed by atoms with Crippen LogP contribution < -0.4 is 10.2 Å². The van der Waals surface area contributed by atoms with Crippen molar-refractivity contribution in [2.45, 2.75) is 13.8 Å². The minimum atomic E-state index is -0.154. The number of aromatic nitrogens is 2. The molecule has 3 rings (SSSR count). The van der Waals surface area contributed by atoms with Gasteiger partial charge in [0.15, 0.2) is 5.11 Å². The molecule has 112 valence electrons. The van der Waals surface area contributed by atoms with E-state index in [1.807, 2.05) is 51.4 Å². The van der Waals surface area contributed by atoms with E-state index in [0.717, 1.165) is 22.5 Å². The molecule has 5 nitrogen and oxygen atoms in total. The molecule has 0 radical (unpaired) electrons. The predicted molar refractivity (Wildman–Crippen MR) is 90.3 cm³/mol. The summed E-state index contributed by atoms with van der Waals surface area (Å²) in [5.41, 5.74) is 4.07. The van der Waals surface area contributed by atoms with Gasteiger partial charge >= 0.3 is 0 Å². The number of aryl methyl sites for hydroxylation is 3. The van der Waals surface area contributed by atoms with E-state index in [9.17, 15) is 4.79 Å². The standard InChI is InChI=1S/C16H16N4OS/c1-10-5-4-6-13(7-10)20-15(21)14(17-16(20)22)8-12-9-19(3)18-11(12)2/h4-9H,1-3H3,(H,17,22). The van der Waals surface area contributed by atoms with Gasteiger partial charge in [-0.25, -0.2) is 0 Å². The highest BCUT2D eigenvalue weighted by molar-refractivity contribution is 7.80. The molecule has 1 N–H and O–H groups in total. The Labute approximate surface area is 134 Å². The number of rotatable bonds is 2. The molecule has 1 aromatic heterocycles. The zero-order valence-electron chi connectivity index (χ0n) is 12.6. The molecule has 22 heavy (non-hydrogen) atoms. The molecule has 2 aromatic rings. The molecule has 1 aliphatic rings. The molecule has 2 heterocycles. The lowest BCUT2D eigenvalue weighted by Crippen LogP contribution is -2.30. The van der Waals surface area contributed by atoms with E-state index in [0.29, 0.717) is 10.8 Å². The molecule has 0 atom stereocenters. The molecule has 1 fully saturated rings. The zero-order valence-corrected chi connectivity index (χ0v) is 13.4. The molecule has 1 saturated heterocycles. The molecule has 0 bridgehead atoms. The number of anilines is 1. The van der Waals surface area contributed by atoms with Gasteiger partial charge in [0.2, 0.25) is 0 Å². The molecule has 6 heteroatoms. The maximum absolute atomic E-state index is 12.6. The highest BCUT2D eigenvalue weighted by atomic mass is 32.1. The number of hydrogen-bond acceptors (Lipinski definition) is 3. The van der Waals surface area contributed by atoms with E-state index in [4.69, 9.17) is 12.2 Å². The van der Waals surface area contributed by atoms with Gasteiger partial charge in [0.05, 0.1) is 11.4 Å². The van der Waals surface area contributed by atoms with Gasteiger partial charge in [-0.2, -0.15) is 5.10 Å². The summed E-state index contributed by atoms with van der Waals surface area (Å²) in [4.78, 5) is 14.1. The molecule has 0 unspecified atom stereocenters. The van der Waals surface area contributed by atoms with Crippen molar-refractivity contribution in [1.29, 1.82) is 0 Å². The van der Waals surface area contributed by atoms with Crippen LogP contribution in [0, 0.1) is 13.8 Å². The van der Waals surface area contributed by atoms with Gasteiger partial charge in [0, 0.05) is 18.8 Å². The van der Waals surface area contributed by atoms with E-state index < -0.39 is 0 Å². The zero-order chi connectivity index (χ0) is 15.9. The lowest BCUT2D eigenvalue weighted by Gasteiger charge is -2.14. The largest absolute Gasteiger partial charge is 0.327 e. The molecule has 0 spiro atoms. The Hall–Kier alpha value is -2.47. The third kappa shape index (κ3) is 2.53. The highest BCUT2D eigenvalue weighted by Gasteiger charge is 2.32. The van der Waals surface area contributed by atoms with Crippen molar-refractivity contribution in [1.82, 2.24) is 15.1 Å². The number of nitrogens with one attached hydrogen (secondary N) is 1. The maximum atomic E-state index is 12.6. The van der Waals surface area contributed by atoms with Crippen LogP contribution in [0.1, 0.15) is 16.8 Å². The van der Waals surface area contributed by atoms with Crippen molar-refractivity contribution in [3.8, 4) is 0 Å². The third-order valence-electron chi connectivity index (χ3n) is 3.49. The summed E-state index contributed by atoms with van der Waals surface area (Å²) in [6, 6.07) is 7.70. The Morgan fingerprint density at radius 2 is 2.09 bits per heavy atom. The Morgan fingerprint density at radius 3 is 2.73 bits per heavy atom. The van der Waals surface area contributed by atoms with Crippen LogP contribution in [0.25, 0.3) is 6.08 Å². The smallest absolute Gasteiger partial charge is 0.281 e. The lowest BCUT2D eigenvalue weighted by molar-refractivity contribution is -0.113. The van der Waals surface area contributed by atoms with Crippen LogP contribution in [-0.4, -0.2) is 20.8 Å². The summed E-state index contributed by atoms with van der Waals surface area (Å²) in [6.07, 6.45) is 3.66. The first kappa shape index (κ1) is 14.5. The number of amides is 1. The Balaban J connectivity index is 1.96. The van der Waals surface area contributed by atoms with Gasteiger partial charge in [0.25, 0.3) is 5.91 Å². The number of hydrogen-bond donors (Lipinski definition) is 1. The topological polar surface area (TPSA) is 50.2 Å². The van der Waals surface area contributed by atoms with E-state index in [1.165, 1.54) is 4.90 Å². The van der Waals surface area contributed by atoms with Gasteiger partial charge in [-0.05, 0) is 49.8 Å². The fraction of sp³-hybridized carbons (Fsp3) is 0.188. The summed E-state index contributed by atoms with van der Waals surface area (Å²) in [5, 5.41) is 7.65. The minimum absolute atomic E-state index is 0.154. The summed E-state index contributed by atoms with van der Waals surface area (Å²) >= 11 is 5.31. The quantitative estimate of drug-likeness (QED) is 0.683. The van der Waals surface area contributed by atoms with E-state index in [1.54, 1.807) is 10.8 Å². The second-order valence-electron chi connectivity index (χ2n) is 5.31. The van der Waals surface area contributed by atoms with Crippen LogP contribution in [-0.2, 0) is 11.8 Å². The SMILES string of the molecule is Cc1cccc(N2C(=O)C(=Cc3cn(C)nc3C)NC2=S)c1. The van der Waals surface area contributed by atoms with Gasteiger partial charge < -0.3 is 5.32 Å². The van der Waals surface area contributed by atoms with Crippen LogP contribution >= 0.6 is 12.2 Å². The molecule has 0 aliphatic carbocycles. The first-order valence-electron chi connectivity index (χ1n) is 6.90. The van der Waals surface area contributed by atoms with Crippen molar-refractivity contribution in [3.63, 3.8) is 0 Å².